The van der Waals surface area contributed by atoms with Crippen LogP contribution in [0.2, 0.25) is 0 Å². The minimum absolute atomic E-state index is 0.241. The highest BCUT2D eigenvalue weighted by Gasteiger charge is 2.51. The summed E-state index contributed by atoms with van der Waals surface area (Å²) in [6, 6.07) is -0.929. The fraction of sp³-hybridized carbons (Fsp3) is 0.929. The average molecular weight is 1200 g/mol. The second-order valence-electron chi connectivity index (χ2n) is 25.4. The smallest absolute Gasteiger partial charge is 0.220 e. The molecule has 84 heavy (non-hydrogen) atoms. The summed E-state index contributed by atoms with van der Waals surface area (Å²) in [4.78, 5) is 13.3. The van der Waals surface area contributed by atoms with Crippen molar-refractivity contribution in [1.82, 2.24) is 5.32 Å². The molecule has 2 fully saturated rings. The van der Waals surface area contributed by atoms with Crippen LogP contribution < -0.4 is 5.32 Å². The molecule has 0 bridgehead atoms. The van der Waals surface area contributed by atoms with Gasteiger partial charge in [0, 0.05) is 6.42 Å². The third-order valence-electron chi connectivity index (χ3n) is 17.6. The molecule has 0 aromatic carbocycles. The van der Waals surface area contributed by atoms with Crippen LogP contribution in [-0.2, 0) is 23.7 Å². The lowest BCUT2D eigenvalue weighted by Gasteiger charge is -2.46. The largest absolute Gasteiger partial charge is 0.394 e. The average Bonchev–Trinajstić information content (AvgIpc) is 3.36. The summed E-state index contributed by atoms with van der Waals surface area (Å²) in [7, 11) is 0. The van der Waals surface area contributed by atoms with E-state index in [1.54, 1.807) is 6.08 Å². The molecule has 12 unspecified atom stereocenters. The second-order valence-corrected chi connectivity index (χ2v) is 25.4. The molecule has 0 aliphatic carbocycles. The van der Waals surface area contributed by atoms with Crippen molar-refractivity contribution in [3.05, 3.63) is 24.3 Å². The molecule has 2 heterocycles. The van der Waals surface area contributed by atoms with E-state index in [9.17, 15) is 45.6 Å². The molecule has 9 N–H and O–H groups in total. The van der Waals surface area contributed by atoms with Gasteiger partial charge < -0.3 is 65.1 Å². The van der Waals surface area contributed by atoms with Gasteiger partial charge in [0.25, 0.3) is 0 Å². The number of aliphatic hydroxyl groups is 8. The zero-order chi connectivity index (χ0) is 60.9. The number of aliphatic hydroxyl groups excluding tert-OH is 8. The van der Waals surface area contributed by atoms with Crippen LogP contribution in [0.5, 0.6) is 0 Å². The summed E-state index contributed by atoms with van der Waals surface area (Å²) in [5.41, 5.74) is 0. The monoisotopic (exact) mass is 1200 g/mol. The molecule has 2 saturated heterocycles. The van der Waals surface area contributed by atoms with Gasteiger partial charge in [-0.05, 0) is 32.1 Å². The first-order chi connectivity index (χ1) is 41.1. The van der Waals surface area contributed by atoms with Crippen molar-refractivity contribution in [3.63, 3.8) is 0 Å². The predicted molar refractivity (Wildman–Crippen MR) is 342 cm³/mol. The quantitative estimate of drug-likeness (QED) is 0.0204. The van der Waals surface area contributed by atoms with Gasteiger partial charge in [-0.15, -0.1) is 0 Å². The normalized spacial score (nSPS) is 23.7. The first-order valence-corrected chi connectivity index (χ1v) is 35.6. The minimum atomic E-state index is -1.79. The van der Waals surface area contributed by atoms with Gasteiger partial charge in [-0.1, -0.05) is 308 Å². The topological polar surface area (TPSA) is 228 Å². The van der Waals surface area contributed by atoms with Crippen LogP contribution in [0.15, 0.2) is 24.3 Å². The van der Waals surface area contributed by atoms with Crippen LogP contribution in [0, 0.1) is 0 Å². The van der Waals surface area contributed by atoms with E-state index in [1.807, 2.05) is 6.08 Å². The first-order valence-electron chi connectivity index (χ1n) is 35.6. The SMILES string of the molecule is CCCCCCCCCCCCCCCCCCCCCC/C=C/CC/C=C/C(O)C(COC1OC(CO)C(OC2OC(CO)C(O)C(O)C2O)C(O)C1O)NC(=O)CCCCCCCCCCCCCCCCCCCCCCCCCC. The molecular formula is C70H133NO13. The number of rotatable bonds is 59. The Balaban J connectivity index is 1.69. The summed E-state index contributed by atoms with van der Waals surface area (Å²) in [6.45, 7) is 2.84. The van der Waals surface area contributed by atoms with Crippen molar-refractivity contribution in [1.29, 1.82) is 0 Å². The fourth-order valence-corrected chi connectivity index (χ4v) is 12.0. The Labute approximate surface area is 513 Å². The van der Waals surface area contributed by atoms with Gasteiger partial charge in [0.15, 0.2) is 12.6 Å². The van der Waals surface area contributed by atoms with Crippen molar-refractivity contribution in [2.24, 2.45) is 0 Å². The molecule has 0 saturated carbocycles. The molecule has 0 aromatic heterocycles. The lowest BCUT2D eigenvalue weighted by Crippen LogP contribution is -2.65. The van der Waals surface area contributed by atoms with Gasteiger partial charge in [-0.2, -0.15) is 0 Å². The summed E-state index contributed by atoms with van der Waals surface area (Å²) in [5.74, 6) is -0.241. The Morgan fingerprint density at radius 3 is 1.17 bits per heavy atom. The lowest BCUT2D eigenvalue weighted by molar-refractivity contribution is -0.359. The number of amides is 1. The first kappa shape index (κ1) is 78.6. The highest BCUT2D eigenvalue weighted by Crippen LogP contribution is 2.30. The second kappa shape index (κ2) is 55.5. The lowest BCUT2D eigenvalue weighted by atomic mass is 9.97. The van der Waals surface area contributed by atoms with Crippen molar-refractivity contribution in [3.8, 4) is 0 Å². The minimum Gasteiger partial charge on any atom is -0.394 e. The summed E-state index contributed by atoms with van der Waals surface area (Å²) < 4.78 is 22.9. The van der Waals surface area contributed by atoms with Crippen molar-refractivity contribution in [2.45, 2.75) is 396 Å². The zero-order valence-electron chi connectivity index (χ0n) is 53.9. The fourth-order valence-electron chi connectivity index (χ4n) is 12.0. The zero-order valence-corrected chi connectivity index (χ0v) is 53.9. The third-order valence-corrected chi connectivity index (χ3v) is 17.6. The molecule has 2 aliphatic heterocycles. The van der Waals surface area contributed by atoms with Crippen LogP contribution in [-0.4, -0.2) is 140 Å². The Morgan fingerprint density at radius 2 is 0.762 bits per heavy atom. The number of unbranched alkanes of at least 4 members (excludes halogenated alkanes) is 44. The molecule has 1 amide bonds. The highest BCUT2D eigenvalue weighted by atomic mass is 16.7. The standard InChI is InChI=1S/C70H133NO13/c1-3-5-7-9-11-13-15-17-19-21-23-25-27-29-30-31-33-35-37-39-41-43-45-47-49-51-53-59(74)58(57-81-69-67(80)65(78)68(61(56-73)83-69)84-70-66(79)64(77)63(76)60(55-72)82-70)71-62(75)54-52-50-48-46-44-42-40-38-36-34-32-28-26-24-22-20-18-16-14-12-10-8-6-4-2/h43,45,51,53,58-61,63-70,72-74,76-80H,3-42,44,46-50,52,54-57H2,1-2H3,(H,71,75)/b45-43+,53-51+. The Morgan fingerprint density at radius 1 is 0.417 bits per heavy atom. The Hall–Kier alpha value is -1.53. The molecule has 12 atom stereocenters. The van der Waals surface area contributed by atoms with Crippen molar-refractivity contribution >= 4 is 5.91 Å². The van der Waals surface area contributed by atoms with Crippen LogP contribution in [0.4, 0.5) is 0 Å². The maximum atomic E-state index is 13.3. The molecule has 2 rings (SSSR count). The van der Waals surface area contributed by atoms with Gasteiger partial charge in [0.2, 0.25) is 5.91 Å². The van der Waals surface area contributed by atoms with Gasteiger partial charge in [-0.25, -0.2) is 0 Å². The van der Waals surface area contributed by atoms with Crippen LogP contribution in [0.3, 0.4) is 0 Å². The van der Waals surface area contributed by atoms with E-state index in [1.165, 1.54) is 257 Å². The molecule has 496 valence electrons. The number of allylic oxidation sites excluding steroid dienone is 3. The Bertz CT molecular complexity index is 1500. The van der Waals surface area contributed by atoms with E-state index in [2.05, 4.69) is 31.3 Å². The summed E-state index contributed by atoms with van der Waals surface area (Å²) >= 11 is 0. The van der Waals surface area contributed by atoms with Gasteiger partial charge in [0.05, 0.1) is 32.0 Å². The maximum Gasteiger partial charge on any atom is 0.220 e. The van der Waals surface area contributed by atoms with Crippen molar-refractivity contribution < 1.29 is 64.6 Å². The molecule has 14 nitrogen and oxygen atoms in total. The van der Waals surface area contributed by atoms with Gasteiger partial charge >= 0.3 is 0 Å². The van der Waals surface area contributed by atoms with E-state index in [-0.39, 0.29) is 18.9 Å². The number of carbonyl (C=O) groups excluding carboxylic acids is 1. The molecule has 0 spiro atoms. The van der Waals surface area contributed by atoms with E-state index in [0.29, 0.717) is 12.8 Å². The number of ether oxygens (including phenoxy) is 4. The van der Waals surface area contributed by atoms with E-state index in [0.717, 1.165) is 32.1 Å². The maximum absolute atomic E-state index is 13.3. The molecule has 0 aromatic rings. The predicted octanol–water partition coefficient (Wildman–Crippen LogP) is 14.3. The highest BCUT2D eigenvalue weighted by molar-refractivity contribution is 5.76. The Kier molecular flexibility index (Phi) is 51.9. The van der Waals surface area contributed by atoms with E-state index >= 15 is 0 Å². The number of hydrogen-bond acceptors (Lipinski definition) is 13. The van der Waals surface area contributed by atoms with Gasteiger partial charge in [-0.3, -0.25) is 4.79 Å². The van der Waals surface area contributed by atoms with Crippen LogP contribution >= 0.6 is 0 Å². The van der Waals surface area contributed by atoms with Crippen LogP contribution in [0.1, 0.15) is 322 Å². The number of carbonyl (C=O) groups is 1. The number of hydrogen-bond donors (Lipinski definition) is 9. The molecule has 0 radical (unpaired) electrons. The third kappa shape index (κ3) is 39.5. The molecular weight excluding hydrogens is 1060 g/mol. The summed E-state index contributed by atoms with van der Waals surface area (Å²) in [6.07, 6.45) is 52.4. The van der Waals surface area contributed by atoms with E-state index < -0.39 is 86.8 Å². The number of nitrogens with one attached hydrogen (secondary N) is 1. The van der Waals surface area contributed by atoms with Crippen LogP contribution in [0.25, 0.3) is 0 Å². The van der Waals surface area contributed by atoms with Crippen molar-refractivity contribution in [2.75, 3.05) is 19.8 Å². The summed E-state index contributed by atoms with van der Waals surface area (Å²) in [5, 5.41) is 87.4. The molecule has 2 aliphatic rings. The van der Waals surface area contributed by atoms with Gasteiger partial charge in [0.1, 0.15) is 48.8 Å². The van der Waals surface area contributed by atoms with E-state index in [4.69, 9.17) is 18.9 Å². The molecule has 14 heteroatoms.